The number of alkyl halides is 2. The molecule has 1 N–H and O–H groups in total. The van der Waals surface area contributed by atoms with Crippen molar-refractivity contribution in [2.45, 2.75) is 64.8 Å². The van der Waals surface area contributed by atoms with Crippen LogP contribution >= 0.6 is 0 Å². The average molecular weight is 251 g/mol. The predicted octanol–water partition coefficient (Wildman–Crippen LogP) is 3.61. The predicted molar refractivity (Wildman–Crippen MR) is 67.7 cm³/mol. The van der Waals surface area contributed by atoms with Gasteiger partial charge < -0.3 is 10.1 Å². The summed E-state index contributed by atoms with van der Waals surface area (Å²) in [6, 6.07) is 0.412. The zero-order valence-corrected chi connectivity index (χ0v) is 11.2. The summed E-state index contributed by atoms with van der Waals surface area (Å²) in [5.41, 5.74) is 0. The van der Waals surface area contributed by atoms with E-state index in [2.05, 4.69) is 19.2 Å². The van der Waals surface area contributed by atoms with Gasteiger partial charge in [-0.3, -0.25) is 0 Å². The van der Waals surface area contributed by atoms with Crippen LogP contribution in [0.2, 0.25) is 0 Å². The van der Waals surface area contributed by atoms with Gasteiger partial charge in [0.1, 0.15) is 6.61 Å². The molecule has 0 aromatic heterocycles. The third-order valence-corrected chi connectivity index (χ3v) is 2.75. The zero-order chi connectivity index (χ0) is 12.9. The van der Waals surface area contributed by atoms with Crippen molar-refractivity contribution in [1.29, 1.82) is 0 Å². The van der Waals surface area contributed by atoms with Gasteiger partial charge in [0.2, 0.25) is 0 Å². The monoisotopic (exact) mass is 251 g/mol. The van der Waals surface area contributed by atoms with Gasteiger partial charge in [-0.2, -0.15) is 0 Å². The van der Waals surface area contributed by atoms with E-state index in [1.54, 1.807) is 0 Å². The van der Waals surface area contributed by atoms with Crippen LogP contribution in [0.5, 0.6) is 0 Å². The smallest absolute Gasteiger partial charge is 0.261 e. The second-order valence-corrected chi connectivity index (χ2v) is 4.36. The Hall–Kier alpha value is -0.220. The van der Waals surface area contributed by atoms with Crippen LogP contribution in [0.15, 0.2) is 0 Å². The maximum Gasteiger partial charge on any atom is 0.261 e. The quantitative estimate of drug-likeness (QED) is 0.535. The van der Waals surface area contributed by atoms with Gasteiger partial charge in [0.15, 0.2) is 0 Å². The summed E-state index contributed by atoms with van der Waals surface area (Å²) in [4.78, 5) is 0. The van der Waals surface area contributed by atoms with Crippen molar-refractivity contribution in [2.75, 3.05) is 19.8 Å². The lowest BCUT2D eigenvalue weighted by Gasteiger charge is -2.17. The minimum atomic E-state index is -2.35. The van der Waals surface area contributed by atoms with Gasteiger partial charge >= 0.3 is 0 Å². The van der Waals surface area contributed by atoms with Gasteiger partial charge in [0.05, 0.1) is 0 Å². The van der Waals surface area contributed by atoms with Crippen molar-refractivity contribution >= 4 is 0 Å². The Labute approximate surface area is 104 Å². The highest BCUT2D eigenvalue weighted by Gasteiger charge is 2.08. The van der Waals surface area contributed by atoms with Gasteiger partial charge in [-0.25, -0.2) is 8.78 Å². The van der Waals surface area contributed by atoms with E-state index in [-0.39, 0.29) is 0 Å². The SMILES string of the molecule is CCCCCCC(CCOCC(F)F)NCC. The molecule has 0 fully saturated rings. The van der Waals surface area contributed by atoms with Crippen LogP contribution in [0.25, 0.3) is 0 Å². The number of unbranched alkanes of at least 4 members (excludes halogenated alkanes) is 3. The highest BCUT2D eigenvalue weighted by Crippen LogP contribution is 2.08. The molecule has 2 nitrogen and oxygen atoms in total. The molecule has 0 aliphatic carbocycles. The number of rotatable bonds is 12. The Morgan fingerprint density at radius 3 is 2.41 bits per heavy atom. The van der Waals surface area contributed by atoms with Crippen LogP contribution in [0.4, 0.5) is 8.78 Å². The van der Waals surface area contributed by atoms with E-state index < -0.39 is 13.0 Å². The lowest BCUT2D eigenvalue weighted by atomic mass is 10.0. The first-order chi connectivity index (χ1) is 8.20. The number of ether oxygens (including phenoxy) is 1. The van der Waals surface area contributed by atoms with Crippen LogP contribution in [0, 0.1) is 0 Å². The van der Waals surface area contributed by atoms with Gasteiger partial charge in [-0.1, -0.05) is 39.5 Å². The number of hydrogen-bond acceptors (Lipinski definition) is 2. The first-order valence-electron chi connectivity index (χ1n) is 6.79. The van der Waals surface area contributed by atoms with Crippen molar-refractivity contribution in [3.05, 3.63) is 0 Å². The van der Waals surface area contributed by atoms with Crippen molar-refractivity contribution in [3.63, 3.8) is 0 Å². The van der Waals surface area contributed by atoms with E-state index in [4.69, 9.17) is 4.74 Å². The van der Waals surface area contributed by atoms with Crippen molar-refractivity contribution in [3.8, 4) is 0 Å². The van der Waals surface area contributed by atoms with E-state index >= 15 is 0 Å². The van der Waals surface area contributed by atoms with Crippen molar-refractivity contribution in [1.82, 2.24) is 5.32 Å². The Morgan fingerprint density at radius 2 is 1.82 bits per heavy atom. The summed E-state index contributed by atoms with van der Waals surface area (Å²) < 4.78 is 28.6. The van der Waals surface area contributed by atoms with E-state index in [0.29, 0.717) is 12.6 Å². The molecule has 0 aromatic rings. The Kier molecular flexibility index (Phi) is 12.1. The van der Waals surface area contributed by atoms with Gasteiger partial charge in [-0.15, -0.1) is 0 Å². The van der Waals surface area contributed by atoms with Gasteiger partial charge in [-0.05, 0) is 19.4 Å². The molecule has 0 aliphatic heterocycles. The molecule has 1 unspecified atom stereocenters. The fourth-order valence-electron chi connectivity index (χ4n) is 1.85. The molecule has 0 aromatic carbocycles. The van der Waals surface area contributed by atoms with Crippen LogP contribution in [-0.2, 0) is 4.74 Å². The molecule has 0 bridgehead atoms. The fraction of sp³-hybridized carbons (Fsp3) is 1.00. The molecule has 0 saturated carbocycles. The second-order valence-electron chi connectivity index (χ2n) is 4.36. The average Bonchev–Trinajstić information content (AvgIpc) is 2.29. The molecular formula is C13H27F2NO. The molecular weight excluding hydrogens is 224 g/mol. The molecule has 1 atom stereocenters. The molecule has 0 saturated heterocycles. The topological polar surface area (TPSA) is 21.3 Å². The zero-order valence-electron chi connectivity index (χ0n) is 11.2. The third-order valence-electron chi connectivity index (χ3n) is 2.75. The normalized spacial score (nSPS) is 13.2. The minimum absolute atomic E-state index is 0.412. The number of nitrogens with one attached hydrogen (secondary N) is 1. The Bertz CT molecular complexity index is 156. The van der Waals surface area contributed by atoms with Crippen molar-refractivity contribution in [2.24, 2.45) is 0 Å². The number of halogens is 2. The largest absolute Gasteiger partial charge is 0.375 e. The fourth-order valence-corrected chi connectivity index (χ4v) is 1.85. The lowest BCUT2D eigenvalue weighted by molar-refractivity contribution is 0.0142. The molecule has 0 spiro atoms. The highest BCUT2D eigenvalue weighted by atomic mass is 19.3. The highest BCUT2D eigenvalue weighted by molar-refractivity contribution is 4.65. The summed E-state index contributed by atoms with van der Waals surface area (Å²) in [5, 5.41) is 3.38. The van der Waals surface area contributed by atoms with Gasteiger partial charge in [0, 0.05) is 12.6 Å². The maximum atomic E-state index is 11.9. The summed E-state index contributed by atoms with van der Waals surface area (Å²) in [7, 11) is 0. The standard InChI is InChI=1S/C13H27F2NO/c1-3-5-6-7-8-12(16-4-2)9-10-17-11-13(14)15/h12-13,16H,3-11H2,1-2H3. The van der Waals surface area contributed by atoms with Crippen molar-refractivity contribution < 1.29 is 13.5 Å². The van der Waals surface area contributed by atoms with Crippen LogP contribution in [0.1, 0.15) is 52.4 Å². The summed E-state index contributed by atoms with van der Waals surface area (Å²) in [6.45, 7) is 5.18. The Morgan fingerprint density at radius 1 is 1.06 bits per heavy atom. The summed E-state index contributed by atoms with van der Waals surface area (Å²) in [5.74, 6) is 0. The number of hydrogen-bond donors (Lipinski definition) is 1. The minimum Gasteiger partial charge on any atom is -0.375 e. The van der Waals surface area contributed by atoms with Crippen LogP contribution < -0.4 is 5.32 Å². The first-order valence-corrected chi connectivity index (χ1v) is 6.79. The lowest BCUT2D eigenvalue weighted by Crippen LogP contribution is -2.30. The molecule has 0 amide bonds. The van der Waals surface area contributed by atoms with E-state index in [1.165, 1.54) is 25.7 Å². The first kappa shape index (κ1) is 16.8. The third kappa shape index (κ3) is 12.0. The molecule has 0 rings (SSSR count). The molecule has 0 radical (unpaired) electrons. The molecule has 104 valence electrons. The molecule has 17 heavy (non-hydrogen) atoms. The molecule has 4 heteroatoms. The molecule has 0 aliphatic rings. The maximum absolute atomic E-state index is 11.9. The van der Waals surface area contributed by atoms with Gasteiger partial charge in [0.25, 0.3) is 6.43 Å². The molecule has 0 heterocycles. The summed E-state index contributed by atoms with van der Waals surface area (Å²) in [6.07, 6.45) is 4.58. The van der Waals surface area contributed by atoms with Crippen LogP contribution in [-0.4, -0.2) is 32.2 Å². The second kappa shape index (κ2) is 12.2. The van der Waals surface area contributed by atoms with E-state index in [0.717, 1.165) is 19.4 Å². The van der Waals surface area contributed by atoms with E-state index in [1.807, 2.05) is 0 Å². The summed E-state index contributed by atoms with van der Waals surface area (Å²) >= 11 is 0. The Balaban J connectivity index is 3.52. The van der Waals surface area contributed by atoms with E-state index in [9.17, 15) is 8.78 Å². The van der Waals surface area contributed by atoms with Crippen LogP contribution in [0.3, 0.4) is 0 Å².